The fraction of sp³-hybridized carbons (Fsp3) is 0.600. The van der Waals surface area contributed by atoms with E-state index in [2.05, 4.69) is 0 Å². The maximum absolute atomic E-state index is 12.4. The maximum Gasteiger partial charge on any atom is 0.323 e. The molecular weight excluding hydrogens is 442 g/mol. The predicted molar refractivity (Wildman–Crippen MR) is 125 cm³/mol. The highest BCUT2D eigenvalue weighted by Gasteiger charge is 2.23. The van der Waals surface area contributed by atoms with E-state index in [1.807, 2.05) is 6.92 Å². The van der Waals surface area contributed by atoms with Gasteiger partial charge in [-0.25, -0.2) is 0 Å². The molecule has 2 N–H and O–H groups in total. The van der Waals surface area contributed by atoms with Crippen LogP contribution in [0.1, 0.15) is 60.5 Å². The third-order valence-corrected chi connectivity index (χ3v) is 4.92. The molecule has 1 rings (SSSR count). The zero-order chi connectivity index (χ0) is 26.0. The highest BCUT2D eigenvalue weighted by atomic mass is 16.6. The number of nitrogens with two attached hydrogens (primary N) is 1. The summed E-state index contributed by atoms with van der Waals surface area (Å²) < 4.78 is 21.2. The van der Waals surface area contributed by atoms with E-state index in [9.17, 15) is 19.2 Å². The van der Waals surface area contributed by atoms with Gasteiger partial charge in [-0.15, -0.1) is 0 Å². The highest BCUT2D eigenvalue weighted by Crippen LogP contribution is 2.30. The van der Waals surface area contributed by atoms with Gasteiger partial charge in [0.1, 0.15) is 18.8 Å². The molecule has 1 aromatic rings. The number of benzene rings is 1. The van der Waals surface area contributed by atoms with Crippen molar-refractivity contribution in [2.45, 2.75) is 73.5 Å². The van der Waals surface area contributed by atoms with Crippen LogP contribution < -0.4 is 15.2 Å². The summed E-state index contributed by atoms with van der Waals surface area (Å²) in [6, 6.07) is 3.62. The molecule has 3 atom stereocenters. The summed E-state index contributed by atoms with van der Waals surface area (Å²) in [5, 5.41) is 0. The van der Waals surface area contributed by atoms with Gasteiger partial charge >= 0.3 is 23.9 Å². The van der Waals surface area contributed by atoms with E-state index in [-0.39, 0.29) is 42.3 Å². The highest BCUT2D eigenvalue weighted by molar-refractivity contribution is 5.78. The van der Waals surface area contributed by atoms with Crippen LogP contribution in [0.4, 0.5) is 0 Å². The molecule has 9 nitrogen and oxygen atoms in total. The minimum absolute atomic E-state index is 0.0626. The first-order chi connectivity index (χ1) is 15.8. The molecule has 0 saturated heterocycles. The molecule has 0 aliphatic rings. The van der Waals surface area contributed by atoms with Gasteiger partial charge in [0.25, 0.3) is 0 Å². The van der Waals surface area contributed by atoms with Crippen molar-refractivity contribution in [2.75, 3.05) is 6.61 Å². The third-order valence-electron chi connectivity index (χ3n) is 4.92. The Labute approximate surface area is 201 Å². The largest absolute Gasteiger partial charge is 0.462 e. The lowest BCUT2D eigenvalue weighted by Crippen LogP contribution is -2.37. The van der Waals surface area contributed by atoms with Gasteiger partial charge in [-0.3, -0.25) is 19.2 Å². The number of carbonyl (C=O) groups excluding carboxylic acids is 4. The van der Waals surface area contributed by atoms with E-state index in [1.54, 1.807) is 47.6 Å². The Balaban J connectivity index is 2.85. The Hall–Kier alpha value is -2.94. The third kappa shape index (κ3) is 9.51. The standard InChI is InChI=1S/C25H37NO8/c1-8-16(6)24(29)31-13-17(7)32-25(30)19(26)11-18-9-10-20(33-22(27)14(2)3)21(12-18)34-23(28)15(4)5/h9-10,12,14-17,19H,8,11,13,26H2,1-7H3/t16?,17-,19-/m0/s1. The van der Waals surface area contributed by atoms with Crippen molar-refractivity contribution < 1.29 is 38.1 Å². The lowest BCUT2D eigenvalue weighted by molar-refractivity contribution is -0.160. The quantitative estimate of drug-likeness (QED) is 0.354. The van der Waals surface area contributed by atoms with E-state index < -0.39 is 36.0 Å². The Morgan fingerprint density at radius 3 is 1.91 bits per heavy atom. The minimum atomic E-state index is -1.01. The summed E-state index contributed by atoms with van der Waals surface area (Å²) in [5.41, 5.74) is 6.59. The van der Waals surface area contributed by atoms with Gasteiger partial charge in [0.2, 0.25) is 0 Å². The van der Waals surface area contributed by atoms with Crippen molar-refractivity contribution in [3.05, 3.63) is 23.8 Å². The van der Waals surface area contributed by atoms with Crippen molar-refractivity contribution in [1.82, 2.24) is 0 Å². The average molecular weight is 480 g/mol. The Bertz CT molecular complexity index is 864. The van der Waals surface area contributed by atoms with E-state index in [4.69, 9.17) is 24.7 Å². The van der Waals surface area contributed by atoms with Crippen molar-refractivity contribution in [3.63, 3.8) is 0 Å². The molecule has 1 unspecified atom stereocenters. The van der Waals surface area contributed by atoms with Crippen LogP contribution in [-0.2, 0) is 35.1 Å². The Kier molecular flexibility index (Phi) is 11.7. The van der Waals surface area contributed by atoms with Crippen LogP contribution in [0, 0.1) is 17.8 Å². The summed E-state index contributed by atoms with van der Waals surface area (Å²) in [7, 11) is 0. The summed E-state index contributed by atoms with van der Waals surface area (Å²) in [5.74, 6) is -2.82. The zero-order valence-electron chi connectivity index (χ0n) is 21.1. The predicted octanol–water partition coefficient (Wildman–Crippen LogP) is 3.20. The van der Waals surface area contributed by atoms with Gasteiger partial charge in [-0.05, 0) is 37.5 Å². The van der Waals surface area contributed by atoms with Gasteiger partial charge in [-0.2, -0.15) is 0 Å². The van der Waals surface area contributed by atoms with E-state index >= 15 is 0 Å². The van der Waals surface area contributed by atoms with Crippen molar-refractivity contribution in [2.24, 2.45) is 23.5 Å². The number of hydrogen-bond acceptors (Lipinski definition) is 9. The first kappa shape index (κ1) is 29.1. The van der Waals surface area contributed by atoms with Crippen LogP contribution in [0.25, 0.3) is 0 Å². The summed E-state index contributed by atoms with van der Waals surface area (Å²) in [4.78, 5) is 48.3. The van der Waals surface area contributed by atoms with Crippen LogP contribution in [0.3, 0.4) is 0 Å². The summed E-state index contributed by atoms with van der Waals surface area (Å²) >= 11 is 0. The van der Waals surface area contributed by atoms with Crippen LogP contribution in [0.5, 0.6) is 11.5 Å². The SMILES string of the molecule is CCC(C)C(=O)OC[C@H](C)OC(=O)[C@@H](N)Cc1ccc(OC(=O)C(C)C)c(OC(=O)C(C)C)c1. The van der Waals surface area contributed by atoms with Gasteiger partial charge in [0.05, 0.1) is 17.8 Å². The van der Waals surface area contributed by atoms with E-state index in [0.717, 1.165) is 0 Å². The molecule has 0 aliphatic carbocycles. The molecular formula is C25H37NO8. The molecule has 0 radical (unpaired) electrons. The second-order valence-corrected chi connectivity index (χ2v) is 8.93. The fourth-order valence-corrected chi connectivity index (χ4v) is 2.46. The molecule has 0 aromatic heterocycles. The van der Waals surface area contributed by atoms with Crippen molar-refractivity contribution in [3.8, 4) is 11.5 Å². The first-order valence-electron chi connectivity index (χ1n) is 11.5. The van der Waals surface area contributed by atoms with Crippen LogP contribution >= 0.6 is 0 Å². The van der Waals surface area contributed by atoms with Crippen LogP contribution in [0.15, 0.2) is 18.2 Å². The summed E-state index contributed by atoms with van der Waals surface area (Å²) in [6.07, 6.45) is 0.0805. The molecule has 0 heterocycles. The Morgan fingerprint density at radius 2 is 1.38 bits per heavy atom. The second-order valence-electron chi connectivity index (χ2n) is 8.93. The maximum atomic E-state index is 12.4. The molecule has 9 heteroatoms. The van der Waals surface area contributed by atoms with Crippen molar-refractivity contribution in [1.29, 1.82) is 0 Å². The second kappa shape index (κ2) is 13.7. The van der Waals surface area contributed by atoms with Crippen molar-refractivity contribution >= 4 is 23.9 Å². The smallest absolute Gasteiger partial charge is 0.323 e. The molecule has 190 valence electrons. The number of hydrogen-bond donors (Lipinski definition) is 1. The number of esters is 4. The summed E-state index contributed by atoms with van der Waals surface area (Å²) in [6.45, 7) is 11.9. The number of carbonyl (C=O) groups is 4. The molecule has 0 spiro atoms. The fourth-order valence-electron chi connectivity index (χ4n) is 2.46. The average Bonchev–Trinajstić information content (AvgIpc) is 2.77. The lowest BCUT2D eigenvalue weighted by atomic mass is 10.1. The van der Waals surface area contributed by atoms with E-state index in [0.29, 0.717) is 12.0 Å². The monoisotopic (exact) mass is 479 g/mol. The zero-order valence-corrected chi connectivity index (χ0v) is 21.1. The van der Waals surface area contributed by atoms with Crippen LogP contribution in [-0.4, -0.2) is 42.6 Å². The topological polar surface area (TPSA) is 131 Å². The molecule has 0 saturated carbocycles. The van der Waals surface area contributed by atoms with E-state index in [1.165, 1.54) is 12.1 Å². The molecule has 0 aliphatic heterocycles. The molecule has 0 fully saturated rings. The Morgan fingerprint density at radius 1 is 0.824 bits per heavy atom. The molecule has 34 heavy (non-hydrogen) atoms. The minimum Gasteiger partial charge on any atom is -0.462 e. The lowest BCUT2D eigenvalue weighted by Gasteiger charge is -2.18. The number of ether oxygens (including phenoxy) is 4. The van der Waals surface area contributed by atoms with Crippen LogP contribution in [0.2, 0.25) is 0 Å². The molecule has 0 amide bonds. The molecule has 1 aromatic carbocycles. The van der Waals surface area contributed by atoms with Gasteiger partial charge < -0.3 is 24.7 Å². The number of rotatable bonds is 12. The normalized spacial score (nSPS) is 13.7. The molecule has 0 bridgehead atoms. The van der Waals surface area contributed by atoms with Gasteiger partial charge in [-0.1, -0.05) is 47.6 Å². The van der Waals surface area contributed by atoms with Gasteiger partial charge in [0, 0.05) is 0 Å². The first-order valence-corrected chi connectivity index (χ1v) is 11.5. The van der Waals surface area contributed by atoms with Gasteiger partial charge in [0.15, 0.2) is 11.5 Å².